The number of H-pyrrole nitrogens is 1. The van der Waals surface area contributed by atoms with Gasteiger partial charge in [0.25, 0.3) is 0 Å². The van der Waals surface area contributed by atoms with E-state index in [1.807, 2.05) is 6.07 Å². The van der Waals surface area contributed by atoms with Gasteiger partial charge in [-0.1, -0.05) is 35.0 Å². The van der Waals surface area contributed by atoms with Crippen molar-refractivity contribution in [2.24, 2.45) is 0 Å². The summed E-state index contributed by atoms with van der Waals surface area (Å²) in [6.45, 7) is -0.336. The number of halogens is 2. The third-order valence-electron chi connectivity index (χ3n) is 5.60. The van der Waals surface area contributed by atoms with Gasteiger partial charge in [0, 0.05) is 10.6 Å². The van der Waals surface area contributed by atoms with Crippen molar-refractivity contribution in [2.75, 3.05) is 4.90 Å². The number of hydrogen-bond donors (Lipinski definition) is 2. The first kappa shape index (κ1) is 23.2. The van der Waals surface area contributed by atoms with Gasteiger partial charge in [-0.2, -0.15) is 0 Å². The third-order valence-corrected chi connectivity index (χ3v) is 5.81. The maximum Gasteiger partial charge on any atom is 0.337 e. The number of nitrogens with zero attached hydrogens (tertiary/aromatic N) is 5. The summed E-state index contributed by atoms with van der Waals surface area (Å²) >= 11 is 6.03. The number of anilines is 1. The second-order valence-electron chi connectivity index (χ2n) is 8.00. The molecule has 1 amide bonds. The molecule has 0 bridgehead atoms. The Morgan fingerprint density at radius 1 is 1.11 bits per heavy atom. The lowest BCUT2D eigenvalue weighted by Crippen LogP contribution is -2.35. The number of carbonyl (C=O) groups excluding carboxylic acids is 1. The Morgan fingerprint density at radius 2 is 1.94 bits per heavy atom. The highest BCUT2D eigenvalue weighted by Gasteiger charge is 2.24. The number of aromatic nitrogens is 5. The Balaban J connectivity index is 1.58. The van der Waals surface area contributed by atoms with E-state index < -0.39 is 17.7 Å². The number of aromatic carboxylic acids is 1. The van der Waals surface area contributed by atoms with Crippen LogP contribution in [-0.4, -0.2) is 41.9 Å². The molecular weight excluding hydrogens is 487 g/mol. The number of carboxylic acid groups (broad SMARTS) is 1. The van der Waals surface area contributed by atoms with Gasteiger partial charge in [0.05, 0.1) is 41.5 Å². The van der Waals surface area contributed by atoms with Crippen LogP contribution in [0, 0.1) is 5.82 Å². The van der Waals surface area contributed by atoms with E-state index in [0.717, 1.165) is 6.07 Å². The molecule has 5 aromatic rings. The van der Waals surface area contributed by atoms with Crippen LogP contribution >= 0.6 is 11.6 Å². The van der Waals surface area contributed by atoms with Crippen LogP contribution in [0.2, 0.25) is 5.02 Å². The largest absolute Gasteiger partial charge is 0.478 e. The van der Waals surface area contributed by atoms with Gasteiger partial charge in [-0.15, -0.1) is 5.10 Å². The molecule has 9 nitrogen and oxygen atoms in total. The van der Waals surface area contributed by atoms with Crippen molar-refractivity contribution in [1.82, 2.24) is 25.0 Å². The Bertz CT molecular complexity index is 1560. The van der Waals surface area contributed by atoms with Crippen molar-refractivity contribution >= 4 is 40.2 Å². The summed E-state index contributed by atoms with van der Waals surface area (Å²) in [5, 5.41) is 18.3. The molecule has 3 aromatic carbocycles. The molecule has 5 rings (SSSR count). The predicted molar refractivity (Wildman–Crippen MR) is 131 cm³/mol. The number of imidazole rings is 1. The molecule has 0 saturated carbocycles. The number of rotatable bonds is 7. The Morgan fingerprint density at radius 3 is 2.69 bits per heavy atom. The van der Waals surface area contributed by atoms with Gasteiger partial charge in [0.15, 0.2) is 0 Å². The standard InChI is InChI=1S/C25H18ClFN6O3/c26-17-7-15(8-18(27)10-17)12-32(24(34)13-33-23-4-2-1-3-20(23)30-31-33)22-6-5-16(9-19(22)25(35)36)21-11-28-14-29-21/h1-11,14H,12-13H2,(H,28,29)(H,35,36). The molecule has 2 heterocycles. The molecule has 0 atom stereocenters. The molecule has 0 aliphatic heterocycles. The zero-order valence-corrected chi connectivity index (χ0v) is 19.4. The summed E-state index contributed by atoms with van der Waals surface area (Å²) in [4.78, 5) is 34.0. The number of carbonyl (C=O) groups is 2. The number of para-hydroxylation sites is 1. The van der Waals surface area contributed by atoms with Crippen molar-refractivity contribution in [3.8, 4) is 11.3 Å². The van der Waals surface area contributed by atoms with Gasteiger partial charge in [-0.05, 0) is 48.0 Å². The van der Waals surface area contributed by atoms with Crippen LogP contribution in [-0.2, 0) is 17.9 Å². The molecule has 0 saturated heterocycles. The molecule has 0 aliphatic carbocycles. The third kappa shape index (κ3) is 4.66. The molecule has 0 radical (unpaired) electrons. The number of carboxylic acids is 1. The molecule has 0 unspecified atom stereocenters. The summed E-state index contributed by atoms with van der Waals surface area (Å²) in [5.41, 5.74) is 2.88. The molecule has 180 valence electrons. The van der Waals surface area contributed by atoms with Gasteiger partial charge in [0.1, 0.15) is 17.9 Å². The Hall–Kier alpha value is -4.57. The number of hydrogen-bond acceptors (Lipinski definition) is 5. The van der Waals surface area contributed by atoms with Crippen molar-refractivity contribution in [2.45, 2.75) is 13.1 Å². The lowest BCUT2D eigenvalue weighted by molar-refractivity contribution is -0.119. The minimum Gasteiger partial charge on any atom is -0.478 e. The summed E-state index contributed by atoms with van der Waals surface area (Å²) < 4.78 is 15.5. The van der Waals surface area contributed by atoms with Crippen LogP contribution < -0.4 is 4.90 Å². The summed E-state index contributed by atoms with van der Waals surface area (Å²) in [6.07, 6.45) is 3.05. The Labute approximate surface area is 208 Å². The number of aromatic amines is 1. The fourth-order valence-corrected chi connectivity index (χ4v) is 4.21. The summed E-state index contributed by atoms with van der Waals surface area (Å²) in [5.74, 6) is -2.27. The van der Waals surface area contributed by atoms with E-state index in [1.54, 1.807) is 30.5 Å². The van der Waals surface area contributed by atoms with Crippen LogP contribution in [0.1, 0.15) is 15.9 Å². The predicted octanol–water partition coefficient (Wildman–Crippen LogP) is 4.55. The smallest absolute Gasteiger partial charge is 0.337 e. The zero-order valence-electron chi connectivity index (χ0n) is 18.6. The molecule has 2 N–H and O–H groups in total. The summed E-state index contributed by atoms with van der Waals surface area (Å²) in [7, 11) is 0. The fraction of sp³-hybridized carbons (Fsp3) is 0.0800. The highest BCUT2D eigenvalue weighted by molar-refractivity contribution is 6.30. The SMILES string of the molecule is O=C(O)c1cc(-c2cnc[nH]2)ccc1N(Cc1cc(F)cc(Cl)c1)C(=O)Cn1nnc2ccccc21. The van der Waals surface area contributed by atoms with Gasteiger partial charge in [-0.3, -0.25) is 4.79 Å². The van der Waals surface area contributed by atoms with E-state index >= 15 is 0 Å². The van der Waals surface area contributed by atoms with E-state index in [0.29, 0.717) is 27.9 Å². The lowest BCUT2D eigenvalue weighted by Gasteiger charge is -2.25. The first-order chi connectivity index (χ1) is 17.4. The molecule has 11 heteroatoms. The highest BCUT2D eigenvalue weighted by atomic mass is 35.5. The van der Waals surface area contributed by atoms with Crippen molar-refractivity contribution in [3.63, 3.8) is 0 Å². The van der Waals surface area contributed by atoms with Gasteiger partial charge in [-0.25, -0.2) is 18.9 Å². The average molecular weight is 505 g/mol. The van der Waals surface area contributed by atoms with Gasteiger partial charge in [0.2, 0.25) is 5.91 Å². The van der Waals surface area contributed by atoms with Crippen LogP contribution in [0.25, 0.3) is 22.3 Å². The van der Waals surface area contributed by atoms with Crippen molar-refractivity contribution in [3.05, 3.63) is 95.2 Å². The van der Waals surface area contributed by atoms with Crippen molar-refractivity contribution in [1.29, 1.82) is 0 Å². The number of benzene rings is 3. The van der Waals surface area contributed by atoms with Crippen LogP contribution in [0.5, 0.6) is 0 Å². The number of amides is 1. The molecule has 36 heavy (non-hydrogen) atoms. The highest BCUT2D eigenvalue weighted by Crippen LogP contribution is 2.29. The van der Waals surface area contributed by atoms with E-state index in [4.69, 9.17) is 11.6 Å². The normalized spacial score (nSPS) is 11.1. The maximum absolute atomic E-state index is 14.1. The van der Waals surface area contributed by atoms with E-state index in [1.165, 1.54) is 40.2 Å². The first-order valence-electron chi connectivity index (χ1n) is 10.8. The minimum atomic E-state index is -1.23. The zero-order chi connectivity index (χ0) is 25.2. The molecule has 0 fully saturated rings. The van der Waals surface area contributed by atoms with Crippen molar-refractivity contribution < 1.29 is 19.1 Å². The monoisotopic (exact) mass is 504 g/mol. The fourth-order valence-electron chi connectivity index (χ4n) is 3.96. The first-order valence-corrected chi connectivity index (χ1v) is 11.2. The summed E-state index contributed by atoms with van der Waals surface area (Å²) in [6, 6.07) is 15.8. The van der Waals surface area contributed by atoms with Gasteiger partial charge >= 0.3 is 5.97 Å². The van der Waals surface area contributed by atoms with E-state index in [9.17, 15) is 19.1 Å². The molecule has 0 spiro atoms. The maximum atomic E-state index is 14.1. The van der Waals surface area contributed by atoms with E-state index in [2.05, 4.69) is 20.3 Å². The lowest BCUT2D eigenvalue weighted by atomic mass is 10.0. The quantitative estimate of drug-likeness (QED) is 0.336. The molecule has 2 aromatic heterocycles. The minimum absolute atomic E-state index is 0.110. The van der Waals surface area contributed by atoms with Crippen LogP contribution in [0.15, 0.2) is 73.2 Å². The Kier molecular flexibility index (Phi) is 6.17. The number of nitrogens with one attached hydrogen (secondary N) is 1. The molecule has 0 aliphatic rings. The topological polar surface area (TPSA) is 117 Å². The van der Waals surface area contributed by atoms with Gasteiger partial charge < -0.3 is 15.0 Å². The van der Waals surface area contributed by atoms with Crippen LogP contribution in [0.4, 0.5) is 10.1 Å². The second-order valence-corrected chi connectivity index (χ2v) is 8.43. The second kappa shape index (κ2) is 9.59. The molecular formula is C25H18ClFN6O3. The van der Waals surface area contributed by atoms with E-state index in [-0.39, 0.29) is 29.4 Å². The number of fused-ring (bicyclic) bond motifs is 1. The average Bonchev–Trinajstić information content (AvgIpc) is 3.52. The van der Waals surface area contributed by atoms with Crippen LogP contribution in [0.3, 0.4) is 0 Å².